The monoisotopic (exact) mass is 237 g/mol. The van der Waals surface area contributed by atoms with E-state index in [1.807, 2.05) is 13.8 Å². The van der Waals surface area contributed by atoms with Crippen molar-refractivity contribution in [2.24, 2.45) is 0 Å². The number of carbonyl (C=O) groups excluding carboxylic acids is 1. The molecule has 94 valence electrons. The van der Waals surface area contributed by atoms with E-state index >= 15 is 0 Å². The molecule has 1 aromatic rings. The lowest BCUT2D eigenvalue weighted by Gasteiger charge is -2.18. The Morgan fingerprint density at radius 3 is 2.88 bits per heavy atom. The van der Waals surface area contributed by atoms with Gasteiger partial charge in [-0.15, -0.1) is 0 Å². The van der Waals surface area contributed by atoms with Crippen LogP contribution in [0.2, 0.25) is 0 Å². The third-order valence-corrected chi connectivity index (χ3v) is 2.25. The molecule has 5 heteroatoms. The molecule has 5 nitrogen and oxygen atoms in total. The van der Waals surface area contributed by atoms with Gasteiger partial charge in [0.15, 0.2) is 0 Å². The molecule has 0 saturated heterocycles. The van der Waals surface area contributed by atoms with Crippen molar-refractivity contribution in [1.29, 1.82) is 0 Å². The van der Waals surface area contributed by atoms with Crippen LogP contribution in [-0.2, 0) is 0 Å². The van der Waals surface area contributed by atoms with Crippen LogP contribution in [0.25, 0.3) is 0 Å². The molecule has 17 heavy (non-hydrogen) atoms. The average Bonchev–Trinajstić information content (AvgIpc) is 2.28. The van der Waals surface area contributed by atoms with E-state index in [4.69, 9.17) is 5.11 Å². The Balaban J connectivity index is 2.92. The summed E-state index contributed by atoms with van der Waals surface area (Å²) < 4.78 is 0. The zero-order valence-electron chi connectivity index (χ0n) is 10.5. The number of likely N-dealkylation sites (N-methyl/N-ethyl adjacent to an activating group) is 1. The van der Waals surface area contributed by atoms with E-state index in [0.29, 0.717) is 17.9 Å². The normalized spacial score (nSPS) is 10.4. The fraction of sp³-hybridized carbons (Fsp3) is 0.500. The molecule has 0 radical (unpaired) electrons. The average molecular weight is 237 g/mol. The molecule has 0 aromatic carbocycles. The number of anilines is 1. The summed E-state index contributed by atoms with van der Waals surface area (Å²) in [7, 11) is 1.66. The van der Waals surface area contributed by atoms with Gasteiger partial charge in [0.25, 0.3) is 5.91 Å². The third kappa shape index (κ3) is 3.71. The fourth-order valence-corrected chi connectivity index (χ4v) is 1.42. The highest BCUT2D eigenvalue weighted by Gasteiger charge is 2.16. The van der Waals surface area contributed by atoms with Crippen LogP contribution in [0.1, 0.15) is 24.2 Å². The van der Waals surface area contributed by atoms with Crippen molar-refractivity contribution in [2.75, 3.05) is 25.5 Å². The maximum absolute atomic E-state index is 12.1. The summed E-state index contributed by atoms with van der Waals surface area (Å²) in [5.41, 5.74) is 0.525. The molecule has 1 amide bonds. The quantitative estimate of drug-likeness (QED) is 0.800. The molecule has 1 rings (SSSR count). The van der Waals surface area contributed by atoms with Crippen LogP contribution in [0.3, 0.4) is 0 Å². The van der Waals surface area contributed by atoms with Crippen molar-refractivity contribution in [2.45, 2.75) is 19.9 Å². The highest BCUT2D eigenvalue weighted by atomic mass is 16.3. The van der Waals surface area contributed by atoms with Gasteiger partial charge in [-0.2, -0.15) is 0 Å². The molecule has 1 aromatic heterocycles. The Bertz CT molecular complexity index is 380. The predicted molar refractivity (Wildman–Crippen MR) is 67.0 cm³/mol. The van der Waals surface area contributed by atoms with Gasteiger partial charge in [-0.05, 0) is 26.0 Å². The third-order valence-electron chi connectivity index (χ3n) is 2.25. The van der Waals surface area contributed by atoms with Gasteiger partial charge in [-0.3, -0.25) is 4.79 Å². The van der Waals surface area contributed by atoms with Crippen molar-refractivity contribution in [1.82, 2.24) is 9.88 Å². The van der Waals surface area contributed by atoms with Gasteiger partial charge in [0.2, 0.25) is 0 Å². The SMILES string of the molecule is CC(C)Nc1ncccc1C(=O)N(C)CCO. The number of pyridine rings is 1. The number of hydrogen-bond donors (Lipinski definition) is 2. The number of nitrogens with zero attached hydrogens (tertiary/aromatic N) is 2. The van der Waals surface area contributed by atoms with E-state index in [9.17, 15) is 4.79 Å². The molecule has 0 bridgehead atoms. The van der Waals surface area contributed by atoms with Crippen LogP contribution in [0.5, 0.6) is 0 Å². The molecule has 0 saturated carbocycles. The Kier molecular flexibility index (Phi) is 4.90. The molecule has 0 fully saturated rings. The molecule has 1 heterocycles. The number of aromatic nitrogens is 1. The van der Waals surface area contributed by atoms with E-state index in [1.165, 1.54) is 4.90 Å². The zero-order valence-corrected chi connectivity index (χ0v) is 10.5. The lowest BCUT2D eigenvalue weighted by Crippen LogP contribution is -2.30. The van der Waals surface area contributed by atoms with E-state index in [2.05, 4.69) is 10.3 Å². The lowest BCUT2D eigenvalue weighted by atomic mass is 10.2. The smallest absolute Gasteiger partial charge is 0.257 e. The number of amides is 1. The minimum absolute atomic E-state index is 0.0462. The Labute approximate surface area is 101 Å². The first-order valence-corrected chi connectivity index (χ1v) is 5.64. The Morgan fingerprint density at radius 1 is 1.59 bits per heavy atom. The van der Waals surface area contributed by atoms with Crippen LogP contribution in [0, 0.1) is 0 Å². The van der Waals surface area contributed by atoms with Crippen molar-refractivity contribution in [3.63, 3.8) is 0 Å². The molecule has 2 N–H and O–H groups in total. The highest BCUT2D eigenvalue weighted by molar-refractivity contribution is 5.98. The van der Waals surface area contributed by atoms with Gasteiger partial charge in [-0.1, -0.05) is 0 Å². The molecule has 0 spiro atoms. The van der Waals surface area contributed by atoms with Gasteiger partial charge in [-0.25, -0.2) is 4.98 Å². The van der Waals surface area contributed by atoms with Crippen LogP contribution in [0.4, 0.5) is 5.82 Å². The Morgan fingerprint density at radius 2 is 2.29 bits per heavy atom. The number of nitrogens with one attached hydrogen (secondary N) is 1. The first kappa shape index (κ1) is 13.4. The molecule has 0 atom stereocenters. The van der Waals surface area contributed by atoms with Crippen LogP contribution >= 0.6 is 0 Å². The zero-order chi connectivity index (χ0) is 12.8. The molecular weight excluding hydrogens is 218 g/mol. The summed E-state index contributed by atoms with van der Waals surface area (Å²) in [5.74, 6) is 0.438. The second-order valence-electron chi connectivity index (χ2n) is 4.15. The van der Waals surface area contributed by atoms with Crippen LogP contribution in [0.15, 0.2) is 18.3 Å². The van der Waals surface area contributed by atoms with E-state index in [-0.39, 0.29) is 18.6 Å². The van der Waals surface area contributed by atoms with Gasteiger partial charge in [0, 0.05) is 25.8 Å². The molecular formula is C12H19N3O2. The summed E-state index contributed by atoms with van der Waals surface area (Å²) >= 11 is 0. The van der Waals surface area contributed by atoms with Gasteiger partial charge < -0.3 is 15.3 Å². The Hall–Kier alpha value is -1.62. The molecule has 0 aliphatic heterocycles. The van der Waals surface area contributed by atoms with Crippen LogP contribution < -0.4 is 5.32 Å². The lowest BCUT2D eigenvalue weighted by molar-refractivity contribution is 0.0767. The fourth-order valence-electron chi connectivity index (χ4n) is 1.42. The van der Waals surface area contributed by atoms with Crippen molar-refractivity contribution >= 4 is 11.7 Å². The van der Waals surface area contributed by atoms with E-state index < -0.39 is 0 Å². The number of carbonyl (C=O) groups is 1. The number of aliphatic hydroxyl groups excluding tert-OH is 1. The van der Waals surface area contributed by atoms with E-state index in [0.717, 1.165) is 0 Å². The van der Waals surface area contributed by atoms with E-state index in [1.54, 1.807) is 25.4 Å². The number of rotatable bonds is 5. The molecule has 0 aliphatic rings. The summed E-state index contributed by atoms with van der Waals surface area (Å²) in [6.07, 6.45) is 1.65. The minimum atomic E-state index is -0.143. The first-order chi connectivity index (χ1) is 8.06. The maximum atomic E-state index is 12.1. The molecule has 0 aliphatic carbocycles. The van der Waals surface area contributed by atoms with Crippen LogP contribution in [-0.4, -0.2) is 47.1 Å². The number of aliphatic hydroxyl groups is 1. The van der Waals surface area contributed by atoms with Crippen molar-refractivity contribution < 1.29 is 9.90 Å². The van der Waals surface area contributed by atoms with Crippen molar-refractivity contribution in [3.8, 4) is 0 Å². The predicted octanol–water partition coefficient (Wildman–Crippen LogP) is 0.966. The number of hydrogen-bond acceptors (Lipinski definition) is 4. The summed E-state index contributed by atoms with van der Waals surface area (Å²) in [6.45, 7) is 4.24. The van der Waals surface area contributed by atoms with Gasteiger partial charge >= 0.3 is 0 Å². The second-order valence-corrected chi connectivity index (χ2v) is 4.15. The summed E-state index contributed by atoms with van der Waals surface area (Å²) in [5, 5.41) is 12.0. The largest absolute Gasteiger partial charge is 0.395 e. The topological polar surface area (TPSA) is 65.5 Å². The van der Waals surface area contributed by atoms with Crippen molar-refractivity contribution in [3.05, 3.63) is 23.9 Å². The highest BCUT2D eigenvalue weighted by Crippen LogP contribution is 2.14. The molecule has 0 unspecified atom stereocenters. The standard InChI is InChI=1S/C12H19N3O2/c1-9(2)14-11-10(5-4-6-13-11)12(17)15(3)7-8-16/h4-6,9,16H,7-8H2,1-3H3,(H,13,14). The second kappa shape index (κ2) is 6.20. The first-order valence-electron chi connectivity index (χ1n) is 5.64. The van der Waals surface area contributed by atoms with Gasteiger partial charge in [0.05, 0.1) is 12.2 Å². The maximum Gasteiger partial charge on any atom is 0.257 e. The summed E-state index contributed by atoms with van der Waals surface area (Å²) in [4.78, 5) is 17.7. The summed E-state index contributed by atoms with van der Waals surface area (Å²) in [6, 6.07) is 3.67. The van der Waals surface area contributed by atoms with Gasteiger partial charge in [0.1, 0.15) is 5.82 Å². The minimum Gasteiger partial charge on any atom is -0.395 e.